The molecule has 20 heavy (non-hydrogen) atoms. The van der Waals surface area contributed by atoms with E-state index in [-0.39, 0.29) is 5.91 Å². The molecule has 1 fully saturated rings. The molecule has 2 rings (SSSR count). The van der Waals surface area contributed by atoms with Gasteiger partial charge >= 0.3 is 0 Å². The SMILES string of the molecule is CCCOCCC(=O)Nc1cnn(C2CCNCC2)c1. The van der Waals surface area contributed by atoms with Gasteiger partial charge in [-0.25, -0.2) is 0 Å². The number of carbonyl (C=O) groups excluding carboxylic acids is 1. The van der Waals surface area contributed by atoms with Crippen LogP contribution in [-0.2, 0) is 9.53 Å². The Morgan fingerprint density at radius 2 is 2.30 bits per heavy atom. The second-order valence-corrected chi connectivity index (χ2v) is 5.10. The summed E-state index contributed by atoms with van der Waals surface area (Å²) in [6, 6.07) is 0.440. The number of ether oxygens (including phenoxy) is 1. The summed E-state index contributed by atoms with van der Waals surface area (Å²) in [6.07, 6.45) is 7.16. The Morgan fingerprint density at radius 3 is 3.05 bits per heavy atom. The van der Waals surface area contributed by atoms with E-state index in [1.165, 1.54) is 0 Å². The van der Waals surface area contributed by atoms with E-state index in [1.54, 1.807) is 6.20 Å². The molecule has 0 saturated carbocycles. The lowest BCUT2D eigenvalue weighted by Gasteiger charge is -2.22. The van der Waals surface area contributed by atoms with E-state index in [2.05, 4.69) is 22.7 Å². The number of hydrogen-bond donors (Lipinski definition) is 2. The highest BCUT2D eigenvalue weighted by atomic mass is 16.5. The largest absolute Gasteiger partial charge is 0.381 e. The topological polar surface area (TPSA) is 68.2 Å². The Kier molecular flexibility index (Phi) is 6.01. The van der Waals surface area contributed by atoms with Crippen LogP contribution in [0.3, 0.4) is 0 Å². The molecule has 1 amide bonds. The van der Waals surface area contributed by atoms with Crippen molar-refractivity contribution < 1.29 is 9.53 Å². The summed E-state index contributed by atoms with van der Waals surface area (Å²) >= 11 is 0. The molecule has 0 radical (unpaired) electrons. The quantitative estimate of drug-likeness (QED) is 0.744. The van der Waals surface area contributed by atoms with Crippen LogP contribution < -0.4 is 10.6 Å². The number of nitrogens with zero attached hydrogens (tertiary/aromatic N) is 2. The summed E-state index contributed by atoms with van der Waals surface area (Å²) in [5.74, 6) is -0.0223. The van der Waals surface area contributed by atoms with Crippen LogP contribution >= 0.6 is 0 Å². The predicted octanol–water partition coefficient (Wildman–Crippen LogP) is 1.56. The minimum absolute atomic E-state index is 0.0223. The molecule has 0 aliphatic carbocycles. The third-order valence-corrected chi connectivity index (χ3v) is 3.39. The van der Waals surface area contributed by atoms with Crippen molar-refractivity contribution in [1.82, 2.24) is 15.1 Å². The van der Waals surface area contributed by atoms with Gasteiger partial charge in [0.1, 0.15) is 0 Å². The molecule has 6 heteroatoms. The van der Waals surface area contributed by atoms with Crippen LogP contribution in [0.1, 0.15) is 38.6 Å². The Morgan fingerprint density at radius 1 is 1.50 bits per heavy atom. The third-order valence-electron chi connectivity index (χ3n) is 3.39. The van der Waals surface area contributed by atoms with Crippen molar-refractivity contribution in [2.24, 2.45) is 0 Å². The van der Waals surface area contributed by atoms with Gasteiger partial charge in [-0.1, -0.05) is 6.92 Å². The summed E-state index contributed by atoms with van der Waals surface area (Å²) in [5.41, 5.74) is 0.768. The smallest absolute Gasteiger partial charge is 0.226 e. The molecule has 0 unspecified atom stereocenters. The summed E-state index contributed by atoms with van der Waals surface area (Å²) < 4.78 is 7.27. The van der Waals surface area contributed by atoms with Gasteiger partial charge in [0.05, 0.1) is 31.0 Å². The highest BCUT2D eigenvalue weighted by Crippen LogP contribution is 2.19. The number of amides is 1. The van der Waals surface area contributed by atoms with Crippen LogP contribution in [0.25, 0.3) is 0 Å². The maximum Gasteiger partial charge on any atom is 0.226 e. The lowest BCUT2D eigenvalue weighted by atomic mass is 10.1. The fraction of sp³-hybridized carbons (Fsp3) is 0.714. The van der Waals surface area contributed by atoms with Crippen LogP contribution in [0, 0.1) is 0 Å². The lowest BCUT2D eigenvalue weighted by molar-refractivity contribution is -0.117. The standard InChI is InChI=1S/C14H24N4O2/c1-2-8-20-9-5-14(19)17-12-10-16-18(11-12)13-3-6-15-7-4-13/h10-11,13,15H,2-9H2,1H3,(H,17,19). The van der Waals surface area contributed by atoms with Gasteiger partial charge in [-0.15, -0.1) is 0 Å². The molecular formula is C14H24N4O2. The molecule has 2 N–H and O–H groups in total. The van der Waals surface area contributed by atoms with Gasteiger partial charge in [0, 0.05) is 12.8 Å². The fourth-order valence-corrected chi connectivity index (χ4v) is 2.31. The van der Waals surface area contributed by atoms with Crippen molar-refractivity contribution in [3.63, 3.8) is 0 Å². The van der Waals surface area contributed by atoms with Gasteiger partial charge in [0.2, 0.25) is 5.91 Å². The van der Waals surface area contributed by atoms with Crippen molar-refractivity contribution in [2.45, 2.75) is 38.6 Å². The van der Waals surface area contributed by atoms with Gasteiger partial charge in [-0.3, -0.25) is 9.48 Å². The Bertz CT molecular complexity index is 413. The molecule has 0 spiro atoms. The average Bonchev–Trinajstić information content (AvgIpc) is 2.93. The molecule has 0 aromatic carbocycles. The minimum atomic E-state index is -0.0223. The molecule has 0 bridgehead atoms. The maximum absolute atomic E-state index is 11.7. The Balaban J connectivity index is 1.75. The van der Waals surface area contributed by atoms with Crippen molar-refractivity contribution in [2.75, 3.05) is 31.6 Å². The van der Waals surface area contributed by atoms with E-state index >= 15 is 0 Å². The number of anilines is 1. The molecule has 6 nitrogen and oxygen atoms in total. The summed E-state index contributed by atoms with van der Waals surface area (Å²) in [6.45, 7) is 5.29. The summed E-state index contributed by atoms with van der Waals surface area (Å²) in [5, 5.41) is 10.5. The maximum atomic E-state index is 11.7. The second kappa shape index (κ2) is 8.01. The van der Waals surface area contributed by atoms with Crippen molar-refractivity contribution >= 4 is 11.6 Å². The molecular weight excluding hydrogens is 256 g/mol. The average molecular weight is 280 g/mol. The zero-order valence-corrected chi connectivity index (χ0v) is 12.1. The Labute approximate surface area is 119 Å². The first-order valence-electron chi connectivity index (χ1n) is 7.42. The van der Waals surface area contributed by atoms with Crippen LogP contribution in [-0.4, -0.2) is 42.0 Å². The zero-order chi connectivity index (χ0) is 14.2. The summed E-state index contributed by atoms with van der Waals surface area (Å²) in [4.78, 5) is 11.7. The molecule has 1 saturated heterocycles. The van der Waals surface area contributed by atoms with E-state index in [4.69, 9.17) is 4.74 Å². The molecule has 1 aromatic heterocycles. The number of piperidine rings is 1. The van der Waals surface area contributed by atoms with Crippen molar-refractivity contribution in [3.8, 4) is 0 Å². The lowest BCUT2D eigenvalue weighted by Crippen LogP contribution is -2.29. The molecule has 0 atom stereocenters. The van der Waals surface area contributed by atoms with Crippen LogP contribution in [0.4, 0.5) is 5.69 Å². The molecule has 112 valence electrons. The number of carbonyl (C=O) groups is 1. The van der Waals surface area contributed by atoms with Gasteiger partial charge in [0.15, 0.2) is 0 Å². The Hall–Kier alpha value is -1.40. The van der Waals surface area contributed by atoms with E-state index < -0.39 is 0 Å². The zero-order valence-electron chi connectivity index (χ0n) is 12.1. The van der Waals surface area contributed by atoms with E-state index in [1.807, 2.05) is 10.9 Å². The van der Waals surface area contributed by atoms with Crippen LogP contribution in [0.5, 0.6) is 0 Å². The highest BCUT2D eigenvalue weighted by molar-refractivity contribution is 5.90. The summed E-state index contributed by atoms with van der Waals surface area (Å²) in [7, 11) is 0. The number of nitrogens with one attached hydrogen (secondary N) is 2. The van der Waals surface area contributed by atoms with Crippen molar-refractivity contribution in [3.05, 3.63) is 12.4 Å². The van der Waals surface area contributed by atoms with Crippen LogP contribution in [0.15, 0.2) is 12.4 Å². The first kappa shape index (κ1) is 15.0. The third kappa shape index (κ3) is 4.61. The van der Waals surface area contributed by atoms with E-state index in [9.17, 15) is 4.79 Å². The second-order valence-electron chi connectivity index (χ2n) is 5.10. The molecule has 2 heterocycles. The number of aromatic nitrogens is 2. The van der Waals surface area contributed by atoms with Gasteiger partial charge in [-0.2, -0.15) is 5.10 Å². The fourth-order valence-electron chi connectivity index (χ4n) is 2.31. The molecule has 1 aromatic rings. The van der Waals surface area contributed by atoms with Gasteiger partial charge in [0.25, 0.3) is 0 Å². The first-order valence-corrected chi connectivity index (χ1v) is 7.42. The first-order chi connectivity index (χ1) is 9.79. The predicted molar refractivity (Wildman–Crippen MR) is 77.7 cm³/mol. The monoisotopic (exact) mass is 280 g/mol. The normalized spacial score (nSPS) is 16.2. The van der Waals surface area contributed by atoms with Gasteiger partial charge in [-0.05, 0) is 32.4 Å². The number of rotatable bonds is 7. The van der Waals surface area contributed by atoms with Crippen LogP contribution in [0.2, 0.25) is 0 Å². The molecule has 1 aliphatic heterocycles. The molecule has 1 aliphatic rings. The number of hydrogen-bond acceptors (Lipinski definition) is 4. The van der Waals surface area contributed by atoms with Gasteiger partial charge < -0.3 is 15.4 Å². The van der Waals surface area contributed by atoms with Crippen molar-refractivity contribution in [1.29, 1.82) is 0 Å². The van der Waals surface area contributed by atoms with E-state index in [0.717, 1.165) is 38.0 Å². The van der Waals surface area contributed by atoms with E-state index in [0.29, 0.717) is 25.7 Å². The minimum Gasteiger partial charge on any atom is -0.381 e. The highest BCUT2D eigenvalue weighted by Gasteiger charge is 2.16.